The van der Waals surface area contributed by atoms with E-state index < -0.39 is 11.7 Å². The van der Waals surface area contributed by atoms with Gasteiger partial charge in [0.2, 0.25) is 5.82 Å². The van der Waals surface area contributed by atoms with Gasteiger partial charge in [0.25, 0.3) is 5.89 Å². The van der Waals surface area contributed by atoms with Crippen LogP contribution in [0.1, 0.15) is 16.2 Å². The van der Waals surface area contributed by atoms with Crippen LogP contribution in [0, 0.1) is 0 Å². The molecule has 0 saturated carbocycles. The van der Waals surface area contributed by atoms with E-state index in [-0.39, 0.29) is 11.7 Å². The number of carbonyl (C=O) groups is 1. The highest BCUT2D eigenvalue weighted by atomic mass is 19.4. The van der Waals surface area contributed by atoms with Crippen LogP contribution in [0.25, 0.3) is 11.5 Å². The fourth-order valence-corrected chi connectivity index (χ4v) is 1.20. The number of nitrogens with zero attached hydrogens (tertiary/aromatic N) is 2. The molecule has 88 valence electrons. The number of hydrogen-bond acceptors (Lipinski definition) is 4. The summed E-state index contributed by atoms with van der Waals surface area (Å²) in [6, 6.07) is 4.20. The molecule has 0 atom stereocenters. The predicted molar refractivity (Wildman–Crippen MR) is 50.1 cm³/mol. The van der Waals surface area contributed by atoms with Gasteiger partial charge in [-0.25, -0.2) is 0 Å². The van der Waals surface area contributed by atoms with E-state index in [1.807, 2.05) is 0 Å². The fraction of sp³-hybridized carbons (Fsp3) is 0.100. The zero-order valence-electron chi connectivity index (χ0n) is 8.23. The average molecular weight is 242 g/mol. The molecule has 0 aliphatic rings. The van der Waals surface area contributed by atoms with Gasteiger partial charge in [0.15, 0.2) is 6.29 Å². The minimum atomic E-state index is -4.39. The molecule has 0 bridgehead atoms. The maximum Gasteiger partial charge on any atom is 0.416 e. The first kappa shape index (κ1) is 11.3. The van der Waals surface area contributed by atoms with Crippen LogP contribution >= 0.6 is 0 Å². The van der Waals surface area contributed by atoms with E-state index in [0.29, 0.717) is 11.8 Å². The van der Waals surface area contributed by atoms with Crippen molar-refractivity contribution < 1.29 is 22.5 Å². The molecule has 0 aliphatic carbocycles. The molecule has 0 amide bonds. The van der Waals surface area contributed by atoms with Gasteiger partial charge in [-0.2, -0.15) is 18.2 Å². The van der Waals surface area contributed by atoms with Crippen LogP contribution in [0.3, 0.4) is 0 Å². The molecule has 7 heteroatoms. The second-order valence-electron chi connectivity index (χ2n) is 3.15. The van der Waals surface area contributed by atoms with Crippen molar-refractivity contribution in [2.45, 2.75) is 6.18 Å². The van der Waals surface area contributed by atoms with Gasteiger partial charge in [0, 0.05) is 5.56 Å². The van der Waals surface area contributed by atoms with Crippen molar-refractivity contribution in [2.24, 2.45) is 0 Å². The molecule has 1 heterocycles. The summed E-state index contributed by atoms with van der Waals surface area (Å²) in [4.78, 5) is 14.0. The molecule has 2 aromatic rings. The van der Waals surface area contributed by atoms with Crippen molar-refractivity contribution in [1.82, 2.24) is 10.1 Å². The highest BCUT2D eigenvalue weighted by Gasteiger charge is 2.30. The van der Waals surface area contributed by atoms with Crippen LogP contribution in [0.5, 0.6) is 0 Å². The lowest BCUT2D eigenvalue weighted by Crippen LogP contribution is -2.03. The zero-order valence-corrected chi connectivity index (χ0v) is 8.23. The molecular formula is C10H5F3N2O2. The third-order valence-electron chi connectivity index (χ3n) is 2.01. The van der Waals surface area contributed by atoms with Crippen LogP contribution < -0.4 is 0 Å². The highest BCUT2D eigenvalue weighted by Crippen LogP contribution is 2.30. The van der Waals surface area contributed by atoms with Crippen LogP contribution in [-0.4, -0.2) is 16.4 Å². The first-order valence-corrected chi connectivity index (χ1v) is 4.47. The molecule has 0 N–H and O–H groups in total. The monoisotopic (exact) mass is 242 g/mol. The van der Waals surface area contributed by atoms with E-state index in [0.717, 1.165) is 12.1 Å². The Morgan fingerprint density at radius 2 is 1.82 bits per heavy atom. The largest absolute Gasteiger partial charge is 0.416 e. The van der Waals surface area contributed by atoms with E-state index >= 15 is 0 Å². The van der Waals surface area contributed by atoms with E-state index in [1.54, 1.807) is 0 Å². The number of alkyl halides is 3. The van der Waals surface area contributed by atoms with Gasteiger partial charge in [-0.05, 0) is 24.3 Å². The minimum absolute atomic E-state index is 0.000763. The SMILES string of the molecule is O=Cc1noc(-c2ccc(C(F)(F)F)cc2)n1. The average Bonchev–Trinajstić information content (AvgIpc) is 2.76. The van der Waals surface area contributed by atoms with Crippen molar-refractivity contribution in [2.75, 3.05) is 0 Å². The summed E-state index contributed by atoms with van der Waals surface area (Å²) in [5.41, 5.74) is -0.449. The summed E-state index contributed by atoms with van der Waals surface area (Å²) in [6.07, 6.45) is -4.00. The molecule has 2 rings (SSSR count). The number of rotatable bonds is 2. The fourth-order valence-electron chi connectivity index (χ4n) is 1.20. The summed E-state index contributed by atoms with van der Waals surface area (Å²) in [5, 5.41) is 3.31. The summed E-state index contributed by atoms with van der Waals surface area (Å²) in [5.74, 6) is -0.152. The first-order valence-electron chi connectivity index (χ1n) is 4.47. The van der Waals surface area contributed by atoms with Gasteiger partial charge >= 0.3 is 6.18 Å². The lowest BCUT2D eigenvalue weighted by Gasteiger charge is -2.05. The molecule has 0 aliphatic heterocycles. The molecule has 0 fully saturated rings. The maximum absolute atomic E-state index is 12.3. The second-order valence-corrected chi connectivity index (χ2v) is 3.15. The van der Waals surface area contributed by atoms with Crippen molar-refractivity contribution in [3.8, 4) is 11.5 Å². The lowest BCUT2D eigenvalue weighted by molar-refractivity contribution is -0.137. The number of carbonyl (C=O) groups excluding carboxylic acids is 1. The highest BCUT2D eigenvalue weighted by molar-refractivity contribution is 5.69. The summed E-state index contributed by atoms with van der Waals surface area (Å²) in [6.45, 7) is 0. The zero-order chi connectivity index (χ0) is 12.5. The number of aldehydes is 1. The van der Waals surface area contributed by atoms with Gasteiger partial charge in [-0.3, -0.25) is 4.79 Å². The van der Waals surface area contributed by atoms with Crippen molar-refractivity contribution in [3.05, 3.63) is 35.7 Å². The molecule has 4 nitrogen and oxygen atoms in total. The van der Waals surface area contributed by atoms with E-state index in [9.17, 15) is 18.0 Å². The molecule has 0 saturated heterocycles. The smallest absolute Gasteiger partial charge is 0.334 e. The third kappa shape index (κ3) is 2.32. The summed E-state index contributed by atoms with van der Waals surface area (Å²) in [7, 11) is 0. The molecule has 17 heavy (non-hydrogen) atoms. The molecule has 0 spiro atoms. The predicted octanol–water partition coefficient (Wildman–Crippen LogP) is 2.57. The topological polar surface area (TPSA) is 56.0 Å². The standard InChI is InChI=1S/C10H5F3N2O2/c11-10(12,13)7-3-1-6(2-4-7)9-14-8(5-16)15-17-9/h1-5H. The van der Waals surface area contributed by atoms with Gasteiger partial charge in [0.1, 0.15) is 0 Å². The van der Waals surface area contributed by atoms with Gasteiger partial charge < -0.3 is 4.52 Å². The Labute approximate surface area is 93.1 Å². The Morgan fingerprint density at radius 3 is 2.29 bits per heavy atom. The third-order valence-corrected chi connectivity index (χ3v) is 2.01. The molecular weight excluding hydrogens is 237 g/mol. The summed E-state index contributed by atoms with van der Waals surface area (Å²) < 4.78 is 41.5. The number of aromatic nitrogens is 2. The molecule has 1 aromatic heterocycles. The van der Waals surface area contributed by atoms with Crippen LogP contribution in [-0.2, 0) is 6.18 Å². The Hall–Kier alpha value is -2.18. The lowest BCUT2D eigenvalue weighted by atomic mass is 10.1. The van der Waals surface area contributed by atoms with Gasteiger partial charge in [-0.1, -0.05) is 5.16 Å². The van der Waals surface area contributed by atoms with Crippen molar-refractivity contribution in [3.63, 3.8) is 0 Å². The molecule has 0 unspecified atom stereocenters. The van der Waals surface area contributed by atoms with Gasteiger partial charge in [0.05, 0.1) is 5.56 Å². The number of halogens is 3. The van der Waals surface area contributed by atoms with Crippen LogP contribution in [0.15, 0.2) is 28.8 Å². The maximum atomic E-state index is 12.3. The Bertz CT molecular complexity index is 531. The Kier molecular flexibility index (Phi) is 2.66. The van der Waals surface area contributed by atoms with Crippen molar-refractivity contribution in [1.29, 1.82) is 0 Å². The van der Waals surface area contributed by atoms with Crippen molar-refractivity contribution >= 4 is 6.29 Å². The minimum Gasteiger partial charge on any atom is -0.334 e. The number of benzene rings is 1. The Morgan fingerprint density at radius 1 is 1.18 bits per heavy atom. The number of hydrogen-bond donors (Lipinski definition) is 0. The van der Waals surface area contributed by atoms with Crippen LogP contribution in [0.4, 0.5) is 13.2 Å². The second kappa shape index (κ2) is 4.00. The normalized spacial score (nSPS) is 11.5. The Balaban J connectivity index is 2.32. The van der Waals surface area contributed by atoms with E-state index in [4.69, 9.17) is 4.52 Å². The first-order chi connectivity index (χ1) is 8.00. The molecule has 0 radical (unpaired) electrons. The summed E-state index contributed by atoms with van der Waals surface area (Å²) >= 11 is 0. The molecule has 1 aromatic carbocycles. The van der Waals surface area contributed by atoms with Crippen LogP contribution in [0.2, 0.25) is 0 Å². The van der Waals surface area contributed by atoms with E-state index in [1.165, 1.54) is 12.1 Å². The van der Waals surface area contributed by atoms with E-state index in [2.05, 4.69) is 10.1 Å². The quantitative estimate of drug-likeness (QED) is 0.759. The van der Waals surface area contributed by atoms with Gasteiger partial charge in [-0.15, -0.1) is 0 Å².